The number of benzene rings is 1. The predicted molar refractivity (Wildman–Crippen MR) is 102 cm³/mol. The third-order valence-electron chi connectivity index (χ3n) is 5.54. The molecule has 2 fully saturated rings. The number of ether oxygens (including phenoxy) is 2. The topological polar surface area (TPSA) is 59.1 Å². The van der Waals surface area contributed by atoms with E-state index in [1.165, 1.54) is 0 Å². The van der Waals surface area contributed by atoms with Gasteiger partial charge in [0.25, 0.3) is 0 Å². The average molecular weight is 413 g/mol. The quantitative estimate of drug-likeness (QED) is 0.761. The van der Waals surface area contributed by atoms with Crippen LogP contribution in [0.25, 0.3) is 0 Å². The first-order chi connectivity index (χ1) is 13.0. The van der Waals surface area contributed by atoms with E-state index in [9.17, 15) is 9.59 Å². The van der Waals surface area contributed by atoms with Crippen LogP contribution in [0, 0.1) is 0 Å². The van der Waals surface area contributed by atoms with Gasteiger partial charge in [0.1, 0.15) is 0 Å². The number of fused-ring (bicyclic) bond motifs is 1. The van der Waals surface area contributed by atoms with Gasteiger partial charge in [-0.05, 0) is 17.7 Å². The van der Waals surface area contributed by atoms with Crippen molar-refractivity contribution < 1.29 is 19.1 Å². The van der Waals surface area contributed by atoms with Crippen molar-refractivity contribution in [2.24, 2.45) is 0 Å². The molecule has 0 radical (unpaired) electrons. The first-order valence-corrected chi connectivity index (χ1v) is 10.0. The van der Waals surface area contributed by atoms with E-state index in [1.54, 1.807) is 12.1 Å². The Balaban J connectivity index is 1.54. The fourth-order valence-electron chi connectivity index (χ4n) is 4.10. The van der Waals surface area contributed by atoms with Gasteiger partial charge in [-0.1, -0.05) is 23.2 Å². The van der Waals surface area contributed by atoms with E-state index < -0.39 is 5.92 Å². The Morgan fingerprint density at radius 3 is 2.56 bits per heavy atom. The molecule has 0 N–H and O–H groups in total. The predicted octanol–water partition coefficient (Wildman–Crippen LogP) is 2.22. The summed E-state index contributed by atoms with van der Waals surface area (Å²) in [5, 5.41) is 0.711. The van der Waals surface area contributed by atoms with Crippen LogP contribution in [0.15, 0.2) is 12.1 Å². The maximum Gasteiger partial charge on any atom is 0.231 e. The van der Waals surface area contributed by atoms with Gasteiger partial charge < -0.3 is 14.4 Å². The van der Waals surface area contributed by atoms with Crippen molar-refractivity contribution in [1.29, 1.82) is 0 Å². The standard InChI is InChI=1S/C19H22Cl2N2O4/c20-16-7-13-14(8-17(16)21)18(24)9-15(13)19(25)23-3-6-27-11-12(23)10-22-1-4-26-5-2-22/h7-8,12,15H,1-6,9-11H2. The maximum atomic E-state index is 13.4. The minimum Gasteiger partial charge on any atom is -0.379 e. The smallest absolute Gasteiger partial charge is 0.231 e. The van der Waals surface area contributed by atoms with Crippen molar-refractivity contribution in [1.82, 2.24) is 9.80 Å². The number of carbonyl (C=O) groups is 2. The first kappa shape index (κ1) is 19.2. The van der Waals surface area contributed by atoms with E-state index in [0.29, 0.717) is 54.1 Å². The fourth-order valence-corrected chi connectivity index (χ4v) is 4.43. The van der Waals surface area contributed by atoms with Crippen LogP contribution in [-0.2, 0) is 14.3 Å². The summed E-state index contributed by atoms with van der Waals surface area (Å²) >= 11 is 12.2. The molecule has 2 unspecified atom stereocenters. The molecule has 6 nitrogen and oxygen atoms in total. The number of hydrogen-bond donors (Lipinski definition) is 0. The number of nitrogens with zero attached hydrogens (tertiary/aromatic N) is 2. The first-order valence-electron chi connectivity index (χ1n) is 9.25. The third-order valence-corrected chi connectivity index (χ3v) is 6.26. The molecule has 0 bridgehead atoms. The number of ketones is 1. The second kappa shape index (κ2) is 8.05. The molecule has 3 aliphatic rings. The van der Waals surface area contributed by atoms with Crippen molar-refractivity contribution in [3.05, 3.63) is 33.3 Å². The monoisotopic (exact) mass is 412 g/mol. The molecule has 8 heteroatoms. The Morgan fingerprint density at radius 2 is 1.78 bits per heavy atom. The number of hydrogen-bond acceptors (Lipinski definition) is 5. The second-order valence-electron chi connectivity index (χ2n) is 7.21. The summed E-state index contributed by atoms with van der Waals surface area (Å²) < 4.78 is 11.0. The van der Waals surface area contributed by atoms with Gasteiger partial charge in [-0.3, -0.25) is 14.5 Å². The molecule has 146 valence electrons. The molecule has 2 saturated heterocycles. The Morgan fingerprint density at radius 1 is 1.07 bits per heavy atom. The highest BCUT2D eigenvalue weighted by atomic mass is 35.5. The molecular weight excluding hydrogens is 391 g/mol. The summed E-state index contributed by atoms with van der Waals surface area (Å²) in [4.78, 5) is 29.9. The van der Waals surface area contributed by atoms with E-state index >= 15 is 0 Å². The molecule has 0 saturated carbocycles. The van der Waals surface area contributed by atoms with Crippen molar-refractivity contribution >= 4 is 34.9 Å². The molecule has 1 aromatic carbocycles. The Kier molecular flexibility index (Phi) is 5.71. The van der Waals surface area contributed by atoms with Gasteiger partial charge in [0.2, 0.25) is 5.91 Å². The average Bonchev–Trinajstić information content (AvgIpc) is 2.99. The lowest BCUT2D eigenvalue weighted by Crippen LogP contribution is -2.55. The Hall–Kier alpha value is -1.18. The minimum atomic E-state index is -0.493. The van der Waals surface area contributed by atoms with Crippen molar-refractivity contribution in [2.75, 3.05) is 52.6 Å². The Bertz CT molecular complexity index is 751. The van der Waals surface area contributed by atoms with Gasteiger partial charge in [0.05, 0.1) is 48.4 Å². The molecule has 27 heavy (non-hydrogen) atoms. The summed E-state index contributed by atoms with van der Waals surface area (Å²) in [6.45, 7) is 5.46. The maximum absolute atomic E-state index is 13.4. The zero-order valence-electron chi connectivity index (χ0n) is 15.0. The molecule has 4 rings (SSSR count). The zero-order chi connectivity index (χ0) is 19.0. The van der Waals surface area contributed by atoms with Gasteiger partial charge >= 0.3 is 0 Å². The van der Waals surface area contributed by atoms with Crippen molar-refractivity contribution in [3.63, 3.8) is 0 Å². The van der Waals surface area contributed by atoms with E-state index in [1.807, 2.05) is 4.90 Å². The molecule has 0 aromatic heterocycles. The highest BCUT2D eigenvalue weighted by molar-refractivity contribution is 6.42. The number of rotatable bonds is 3. The molecule has 2 heterocycles. The molecular formula is C19H22Cl2N2O4. The summed E-state index contributed by atoms with van der Waals surface area (Å²) in [5.41, 5.74) is 1.21. The Labute approximate surface area is 168 Å². The lowest BCUT2D eigenvalue weighted by atomic mass is 9.98. The van der Waals surface area contributed by atoms with E-state index in [2.05, 4.69) is 4.90 Å². The van der Waals surface area contributed by atoms with E-state index in [0.717, 1.165) is 19.6 Å². The highest BCUT2D eigenvalue weighted by Gasteiger charge is 2.40. The number of carbonyl (C=O) groups excluding carboxylic acids is 2. The number of morpholine rings is 2. The largest absolute Gasteiger partial charge is 0.379 e. The highest BCUT2D eigenvalue weighted by Crippen LogP contribution is 2.39. The number of Topliss-reactive ketones (excluding diaryl/α,β-unsaturated/α-hetero) is 1. The molecule has 1 aliphatic carbocycles. The molecule has 1 amide bonds. The molecule has 2 atom stereocenters. The zero-order valence-corrected chi connectivity index (χ0v) is 16.5. The van der Waals surface area contributed by atoms with Gasteiger partial charge in [-0.2, -0.15) is 0 Å². The van der Waals surface area contributed by atoms with Crippen LogP contribution in [0.5, 0.6) is 0 Å². The van der Waals surface area contributed by atoms with Crippen LogP contribution in [0.2, 0.25) is 10.0 Å². The summed E-state index contributed by atoms with van der Waals surface area (Å²) in [5.74, 6) is -0.575. The van der Waals surface area contributed by atoms with Crippen LogP contribution in [0.1, 0.15) is 28.3 Å². The minimum absolute atomic E-state index is 0.0220. The molecule has 1 aromatic rings. The lowest BCUT2D eigenvalue weighted by Gasteiger charge is -2.40. The van der Waals surface area contributed by atoms with Gasteiger partial charge in [0, 0.05) is 38.2 Å². The fraction of sp³-hybridized carbons (Fsp3) is 0.579. The number of halogens is 2. The van der Waals surface area contributed by atoms with Gasteiger partial charge in [-0.25, -0.2) is 0 Å². The molecule has 0 spiro atoms. The number of amides is 1. The van der Waals surface area contributed by atoms with Crippen LogP contribution in [0.3, 0.4) is 0 Å². The normalized spacial score (nSPS) is 26.3. The van der Waals surface area contributed by atoms with Crippen LogP contribution >= 0.6 is 23.2 Å². The van der Waals surface area contributed by atoms with Gasteiger partial charge in [-0.15, -0.1) is 0 Å². The summed E-state index contributed by atoms with van der Waals surface area (Å²) in [6, 6.07) is 3.23. The third kappa shape index (κ3) is 3.87. The van der Waals surface area contributed by atoms with Crippen molar-refractivity contribution in [3.8, 4) is 0 Å². The lowest BCUT2D eigenvalue weighted by molar-refractivity contribution is -0.142. The van der Waals surface area contributed by atoms with Gasteiger partial charge in [0.15, 0.2) is 5.78 Å². The van der Waals surface area contributed by atoms with Crippen LogP contribution in [0.4, 0.5) is 0 Å². The SMILES string of the molecule is O=C1CC(C(=O)N2CCOCC2CN2CCOCC2)c2cc(Cl)c(Cl)cc21. The second-order valence-corrected chi connectivity index (χ2v) is 8.02. The van der Waals surface area contributed by atoms with Crippen LogP contribution < -0.4 is 0 Å². The van der Waals surface area contributed by atoms with Crippen molar-refractivity contribution in [2.45, 2.75) is 18.4 Å². The van der Waals surface area contributed by atoms with E-state index in [-0.39, 0.29) is 24.2 Å². The summed E-state index contributed by atoms with van der Waals surface area (Å²) in [6.07, 6.45) is 0.173. The summed E-state index contributed by atoms with van der Waals surface area (Å²) in [7, 11) is 0. The van der Waals surface area contributed by atoms with Crippen LogP contribution in [-0.4, -0.2) is 80.1 Å². The molecule has 2 aliphatic heterocycles. The van der Waals surface area contributed by atoms with E-state index in [4.69, 9.17) is 32.7 Å².